The van der Waals surface area contributed by atoms with Crippen LogP contribution < -0.4 is 0 Å². The van der Waals surface area contributed by atoms with E-state index in [1.54, 1.807) is 17.8 Å². The third kappa shape index (κ3) is 2.80. The molecule has 0 aliphatic heterocycles. The molecular formula is C16H17NO2S. The van der Waals surface area contributed by atoms with Gasteiger partial charge in [0, 0.05) is 10.6 Å². The molecule has 4 heteroatoms. The number of hydrogen-bond acceptors (Lipinski definition) is 3. The summed E-state index contributed by atoms with van der Waals surface area (Å²) in [6, 6.07) is 9.55. The van der Waals surface area contributed by atoms with Gasteiger partial charge in [-0.3, -0.25) is 0 Å². The Labute approximate surface area is 122 Å². The van der Waals surface area contributed by atoms with E-state index >= 15 is 0 Å². The Morgan fingerprint density at radius 1 is 1.20 bits per heavy atom. The molecule has 1 N–H and O–H groups in total. The molecule has 1 fully saturated rings. The number of carboxylic acids is 1. The summed E-state index contributed by atoms with van der Waals surface area (Å²) in [6.45, 7) is 0. The Kier molecular flexibility index (Phi) is 3.92. The molecule has 1 aliphatic carbocycles. The van der Waals surface area contributed by atoms with E-state index in [0.717, 1.165) is 15.8 Å². The minimum Gasteiger partial charge on any atom is -0.477 e. The Morgan fingerprint density at radius 3 is 2.70 bits per heavy atom. The zero-order chi connectivity index (χ0) is 13.9. The van der Waals surface area contributed by atoms with Crippen LogP contribution in [0.1, 0.15) is 42.6 Å². The zero-order valence-corrected chi connectivity index (χ0v) is 12.0. The van der Waals surface area contributed by atoms with Gasteiger partial charge in [0.1, 0.15) is 10.7 Å². The van der Waals surface area contributed by atoms with Crippen LogP contribution in [0.3, 0.4) is 0 Å². The highest BCUT2D eigenvalue weighted by Crippen LogP contribution is 2.36. The van der Waals surface area contributed by atoms with E-state index < -0.39 is 5.97 Å². The minimum atomic E-state index is -0.957. The van der Waals surface area contributed by atoms with E-state index in [1.807, 2.05) is 24.3 Å². The van der Waals surface area contributed by atoms with E-state index in [0.29, 0.717) is 5.25 Å². The lowest BCUT2D eigenvalue weighted by atomic mass is 10.0. The number of hydrogen-bond donors (Lipinski definition) is 1. The summed E-state index contributed by atoms with van der Waals surface area (Å²) in [5.41, 5.74) is 0.141. The predicted molar refractivity (Wildman–Crippen MR) is 81.4 cm³/mol. The quantitative estimate of drug-likeness (QED) is 0.911. The van der Waals surface area contributed by atoms with Crippen LogP contribution >= 0.6 is 11.8 Å². The molecule has 0 spiro atoms. The average molecular weight is 287 g/mol. The first-order valence-corrected chi connectivity index (χ1v) is 7.92. The Bertz CT molecular complexity index is 635. The summed E-state index contributed by atoms with van der Waals surface area (Å²) >= 11 is 1.75. The van der Waals surface area contributed by atoms with Crippen LogP contribution in [0.5, 0.6) is 0 Å². The zero-order valence-electron chi connectivity index (χ0n) is 11.2. The van der Waals surface area contributed by atoms with Crippen molar-refractivity contribution >= 4 is 28.5 Å². The first-order valence-electron chi connectivity index (χ1n) is 7.04. The highest BCUT2D eigenvalue weighted by Gasteiger charge is 2.18. The summed E-state index contributed by atoms with van der Waals surface area (Å²) in [7, 11) is 0. The molecule has 1 saturated carbocycles. The van der Waals surface area contributed by atoms with Crippen molar-refractivity contribution in [2.75, 3.05) is 0 Å². The predicted octanol–water partition coefficient (Wildman–Crippen LogP) is 4.36. The second-order valence-corrected chi connectivity index (χ2v) is 6.51. The lowest BCUT2D eigenvalue weighted by Crippen LogP contribution is -2.09. The second kappa shape index (κ2) is 5.83. The maximum Gasteiger partial charge on any atom is 0.354 e. The van der Waals surface area contributed by atoms with Gasteiger partial charge in [-0.1, -0.05) is 43.5 Å². The largest absolute Gasteiger partial charge is 0.477 e. The fraction of sp³-hybridized carbons (Fsp3) is 0.375. The summed E-state index contributed by atoms with van der Waals surface area (Å²) in [5, 5.41) is 12.7. The average Bonchev–Trinajstić information content (AvgIpc) is 2.48. The smallest absolute Gasteiger partial charge is 0.354 e. The summed E-state index contributed by atoms with van der Waals surface area (Å²) in [5.74, 6) is -0.957. The minimum absolute atomic E-state index is 0.141. The number of rotatable bonds is 3. The summed E-state index contributed by atoms with van der Waals surface area (Å²) in [6.07, 6.45) is 6.28. The van der Waals surface area contributed by atoms with Crippen LogP contribution in [0.2, 0.25) is 0 Å². The number of aromatic nitrogens is 1. The molecule has 2 aromatic rings. The normalized spacial score (nSPS) is 16.4. The highest BCUT2D eigenvalue weighted by atomic mass is 32.2. The molecule has 3 rings (SSSR count). The lowest BCUT2D eigenvalue weighted by molar-refractivity contribution is 0.0690. The third-order valence-corrected chi connectivity index (χ3v) is 5.09. The Hall–Kier alpha value is -1.55. The van der Waals surface area contributed by atoms with Crippen molar-refractivity contribution in [1.82, 2.24) is 4.98 Å². The van der Waals surface area contributed by atoms with Gasteiger partial charge >= 0.3 is 5.97 Å². The van der Waals surface area contributed by atoms with Crippen molar-refractivity contribution < 1.29 is 9.90 Å². The Balaban J connectivity index is 2.00. The number of pyridine rings is 1. The molecule has 0 radical (unpaired) electrons. The molecular weight excluding hydrogens is 270 g/mol. The van der Waals surface area contributed by atoms with E-state index in [4.69, 9.17) is 0 Å². The van der Waals surface area contributed by atoms with Crippen molar-refractivity contribution in [2.24, 2.45) is 0 Å². The molecule has 1 aliphatic rings. The van der Waals surface area contributed by atoms with Gasteiger partial charge in [-0.05, 0) is 24.3 Å². The van der Waals surface area contributed by atoms with Gasteiger partial charge in [0.2, 0.25) is 0 Å². The number of fused-ring (bicyclic) bond motifs is 1. The number of thioether (sulfide) groups is 1. The first-order chi connectivity index (χ1) is 9.74. The summed E-state index contributed by atoms with van der Waals surface area (Å²) < 4.78 is 0. The molecule has 20 heavy (non-hydrogen) atoms. The molecule has 0 saturated heterocycles. The number of carboxylic acid groups (broad SMARTS) is 1. The van der Waals surface area contributed by atoms with E-state index in [-0.39, 0.29) is 5.69 Å². The van der Waals surface area contributed by atoms with Crippen molar-refractivity contribution in [1.29, 1.82) is 0 Å². The molecule has 1 heterocycles. The fourth-order valence-electron chi connectivity index (χ4n) is 2.71. The third-order valence-electron chi connectivity index (χ3n) is 3.76. The number of nitrogens with zero attached hydrogens (tertiary/aromatic N) is 1. The van der Waals surface area contributed by atoms with Crippen molar-refractivity contribution in [2.45, 2.75) is 42.4 Å². The first kappa shape index (κ1) is 13.4. The standard InChI is InChI=1S/C16H17NO2S/c18-16(19)14-10-11-6-4-5-9-13(11)15(17-14)20-12-7-2-1-3-8-12/h4-6,9-10,12H,1-3,7-8H2,(H,18,19). The number of benzene rings is 1. The van der Waals surface area contributed by atoms with Crippen LogP contribution in [0.25, 0.3) is 10.8 Å². The van der Waals surface area contributed by atoms with Gasteiger partial charge in [-0.25, -0.2) is 9.78 Å². The molecule has 3 nitrogen and oxygen atoms in total. The van der Waals surface area contributed by atoms with Crippen LogP contribution in [0.15, 0.2) is 35.4 Å². The van der Waals surface area contributed by atoms with Crippen molar-refractivity contribution in [3.8, 4) is 0 Å². The molecule has 1 aromatic carbocycles. The van der Waals surface area contributed by atoms with E-state index in [9.17, 15) is 9.90 Å². The van der Waals surface area contributed by atoms with Crippen LogP contribution in [-0.4, -0.2) is 21.3 Å². The van der Waals surface area contributed by atoms with Crippen molar-refractivity contribution in [3.05, 3.63) is 36.0 Å². The van der Waals surface area contributed by atoms with Crippen LogP contribution in [-0.2, 0) is 0 Å². The van der Waals surface area contributed by atoms with E-state index in [2.05, 4.69) is 4.98 Å². The highest BCUT2D eigenvalue weighted by molar-refractivity contribution is 8.00. The molecule has 0 bridgehead atoms. The number of carbonyl (C=O) groups is 1. The van der Waals surface area contributed by atoms with Gasteiger partial charge in [0.05, 0.1) is 0 Å². The molecule has 0 unspecified atom stereocenters. The maximum atomic E-state index is 11.2. The van der Waals surface area contributed by atoms with E-state index in [1.165, 1.54) is 32.1 Å². The molecule has 104 valence electrons. The second-order valence-electron chi connectivity index (χ2n) is 5.22. The van der Waals surface area contributed by atoms with Gasteiger partial charge < -0.3 is 5.11 Å². The molecule has 0 atom stereocenters. The van der Waals surface area contributed by atoms with Crippen LogP contribution in [0, 0.1) is 0 Å². The van der Waals surface area contributed by atoms with Gasteiger partial charge in [0.15, 0.2) is 0 Å². The van der Waals surface area contributed by atoms with Crippen LogP contribution in [0.4, 0.5) is 0 Å². The fourth-order valence-corrected chi connectivity index (χ4v) is 4.06. The molecule has 0 amide bonds. The monoisotopic (exact) mass is 287 g/mol. The SMILES string of the molecule is O=C(O)c1cc2ccccc2c(SC2CCCCC2)n1. The van der Waals surface area contributed by atoms with Gasteiger partial charge in [-0.2, -0.15) is 0 Å². The topological polar surface area (TPSA) is 50.2 Å². The lowest BCUT2D eigenvalue weighted by Gasteiger charge is -2.21. The number of aromatic carboxylic acids is 1. The maximum absolute atomic E-state index is 11.2. The Morgan fingerprint density at radius 2 is 1.95 bits per heavy atom. The summed E-state index contributed by atoms with van der Waals surface area (Å²) in [4.78, 5) is 15.6. The molecule has 1 aromatic heterocycles. The van der Waals surface area contributed by atoms with Gasteiger partial charge in [-0.15, -0.1) is 11.8 Å². The van der Waals surface area contributed by atoms with Gasteiger partial charge in [0.25, 0.3) is 0 Å². The van der Waals surface area contributed by atoms with Crippen molar-refractivity contribution in [3.63, 3.8) is 0 Å².